The predicted octanol–water partition coefficient (Wildman–Crippen LogP) is 2.95. The molecule has 0 saturated heterocycles. The van der Waals surface area contributed by atoms with Gasteiger partial charge in [0.05, 0.1) is 4.90 Å². The van der Waals surface area contributed by atoms with Crippen molar-refractivity contribution in [2.24, 2.45) is 0 Å². The molecular formula is C14H20O3S. The van der Waals surface area contributed by atoms with Crippen LogP contribution in [0.3, 0.4) is 0 Å². The minimum absolute atomic E-state index is 0.196. The lowest BCUT2D eigenvalue weighted by Gasteiger charge is -2.14. The Morgan fingerprint density at radius 2 is 1.78 bits per heavy atom. The highest BCUT2D eigenvalue weighted by molar-refractivity contribution is 7.90. The van der Waals surface area contributed by atoms with Crippen molar-refractivity contribution < 1.29 is 13.2 Å². The predicted molar refractivity (Wildman–Crippen MR) is 72.5 cm³/mol. The molecule has 0 spiro atoms. The van der Waals surface area contributed by atoms with Crippen LogP contribution in [0.1, 0.15) is 44.6 Å². The molecule has 0 saturated carbocycles. The maximum absolute atomic E-state index is 11.4. The lowest BCUT2D eigenvalue weighted by molar-refractivity contribution is -0.117. The average Bonchev–Trinajstić information content (AvgIpc) is 2.29. The van der Waals surface area contributed by atoms with Gasteiger partial charge in [-0.25, -0.2) is 8.42 Å². The minimum atomic E-state index is -3.13. The third-order valence-corrected chi connectivity index (χ3v) is 4.25. The maximum Gasteiger partial charge on any atom is 0.175 e. The number of ketones is 1. The molecule has 1 atom stereocenters. The van der Waals surface area contributed by atoms with Crippen molar-refractivity contribution in [1.82, 2.24) is 0 Å². The van der Waals surface area contributed by atoms with E-state index in [1.54, 1.807) is 19.1 Å². The Morgan fingerprint density at radius 3 is 2.17 bits per heavy atom. The van der Waals surface area contributed by atoms with Crippen molar-refractivity contribution in [2.75, 3.05) is 6.26 Å². The molecule has 3 nitrogen and oxygen atoms in total. The van der Waals surface area contributed by atoms with Gasteiger partial charge >= 0.3 is 0 Å². The van der Waals surface area contributed by atoms with E-state index in [1.807, 2.05) is 12.1 Å². The molecule has 0 heterocycles. The third kappa shape index (κ3) is 4.26. The summed E-state index contributed by atoms with van der Waals surface area (Å²) in [5, 5.41) is 0. The van der Waals surface area contributed by atoms with Gasteiger partial charge < -0.3 is 4.79 Å². The molecule has 0 radical (unpaired) electrons. The van der Waals surface area contributed by atoms with Crippen molar-refractivity contribution in [1.29, 1.82) is 0 Å². The Hall–Kier alpha value is -1.16. The molecule has 4 heteroatoms. The standard InChI is InChI=1S/C14H20O3S/c1-4-12(6-5-11(2)15)13-7-9-14(10-8-13)18(3,16)17/h7-10,12H,4-6H2,1-3H3. The van der Waals surface area contributed by atoms with Gasteiger partial charge in [0, 0.05) is 12.7 Å². The van der Waals surface area contributed by atoms with Crippen molar-refractivity contribution in [3.05, 3.63) is 29.8 Å². The van der Waals surface area contributed by atoms with Crippen molar-refractivity contribution >= 4 is 15.6 Å². The summed E-state index contributed by atoms with van der Waals surface area (Å²) in [5.41, 5.74) is 1.10. The lowest BCUT2D eigenvalue weighted by atomic mass is 9.91. The van der Waals surface area contributed by atoms with Crippen LogP contribution < -0.4 is 0 Å². The maximum atomic E-state index is 11.4. The van der Waals surface area contributed by atoms with E-state index in [4.69, 9.17) is 0 Å². The number of Topliss-reactive ketones (excluding diaryl/α,β-unsaturated/α-hetero) is 1. The zero-order valence-electron chi connectivity index (χ0n) is 11.1. The summed E-state index contributed by atoms with van der Waals surface area (Å²) < 4.78 is 22.7. The third-order valence-electron chi connectivity index (χ3n) is 3.12. The molecule has 0 aliphatic rings. The molecule has 0 amide bonds. The SMILES string of the molecule is CCC(CCC(C)=O)c1ccc(S(C)(=O)=O)cc1. The number of carbonyl (C=O) groups excluding carboxylic acids is 1. The zero-order valence-corrected chi connectivity index (χ0v) is 12.0. The second-order valence-electron chi connectivity index (χ2n) is 4.69. The molecule has 0 bridgehead atoms. The van der Waals surface area contributed by atoms with E-state index in [9.17, 15) is 13.2 Å². The Balaban J connectivity index is 2.85. The molecule has 1 aromatic rings. The number of hydrogen-bond acceptors (Lipinski definition) is 3. The van der Waals surface area contributed by atoms with Crippen molar-refractivity contribution in [3.63, 3.8) is 0 Å². The van der Waals surface area contributed by atoms with Gasteiger partial charge in [0.1, 0.15) is 5.78 Å². The fourth-order valence-electron chi connectivity index (χ4n) is 1.97. The minimum Gasteiger partial charge on any atom is -0.300 e. The van der Waals surface area contributed by atoms with Crippen LogP contribution in [0.25, 0.3) is 0 Å². The smallest absolute Gasteiger partial charge is 0.175 e. The fraction of sp³-hybridized carbons (Fsp3) is 0.500. The molecule has 1 aromatic carbocycles. The van der Waals surface area contributed by atoms with Crippen LogP contribution in [0, 0.1) is 0 Å². The van der Waals surface area contributed by atoms with E-state index < -0.39 is 9.84 Å². The molecule has 0 aromatic heterocycles. The van der Waals surface area contributed by atoms with Gasteiger partial charge in [-0.1, -0.05) is 19.1 Å². The van der Waals surface area contributed by atoms with Crippen LogP contribution in [0.15, 0.2) is 29.2 Å². The van der Waals surface area contributed by atoms with Crippen LogP contribution in [0.2, 0.25) is 0 Å². The average molecular weight is 268 g/mol. The van der Waals surface area contributed by atoms with Crippen LogP contribution in [0.5, 0.6) is 0 Å². The van der Waals surface area contributed by atoms with Crippen molar-refractivity contribution in [3.8, 4) is 0 Å². The first kappa shape index (κ1) is 14.9. The largest absolute Gasteiger partial charge is 0.300 e. The van der Waals surface area contributed by atoms with Crippen LogP contribution in [0.4, 0.5) is 0 Å². The molecular weight excluding hydrogens is 248 g/mol. The number of hydrogen-bond donors (Lipinski definition) is 0. The highest BCUT2D eigenvalue weighted by Gasteiger charge is 2.12. The molecule has 100 valence electrons. The second-order valence-corrected chi connectivity index (χ2v) is 6.70. The van der Waals surface area contributed by atoms with Gasteiger partial charge in [-0.15, -0.1) is 0 Å². The summed E-state index contributed by atoms with van der Waals surface area (Å²) in [5.74, 6) is 0.517. The van der Waals surface area contributed by atoms with Gasteiger partial charge in [-0.05, 0) is 43.4 Å². The fourth-order valence-corrected chi connectivity index (χ4v) is 2.60. The van der Waals surface area contributed by atoms with E-state index in [0.29, 0.717) is 17.2 Å². The molecule has 0 aliphatic carbocycles. The first-order chi connectivity index (χ1) is 8.34. The normalized spacial score (nSPS) is 13.3. The van der Waals surface area contributed by atoms with Gasteiger partial charge in [-0.3, -0.25) is 0 Å². The molecule has 18 heavy (non-hydrogen) atoms. The summed E-state index contributed by atoms with van der Waals surface area (Å²) in [7, 11) is -3.13. The molecule has 0 N–H and O–H groups in total. The quantitative estimate of drug-likeness (QED) is 0.797. The zero-order chi connectivity index (χ0) is 13.8. The Morgan fingerprint density at radius 1 is 1.22 bits per heavy atom. The summed E-state index contributed by atoms with van der Waals surface area (Å²) in [4.78, 5) is 11.3. The van der Waals surface area contributed by atoms with E-state index in [0.717, 1.165) is 18.4 Å². The topological polar surface area (TPSA) is 51.2 Å². The Kier molecular flexibility index (Phi) is 5.08. The first-order valence-corrected chi connectivity index (χ1v) is 8.03. The van der Waals surface area contributed by atoms with Crippen LogP contribution >= 0.6 is 0 Å². The molecule has 0 aliphatic heterocycles. The number of rotatable bonds is 6. The highest BCUT2D eigenvalue weighted by atomic mass is 32.2. The lowest BCUT2D eigenvalue weighted by Crippen LogP contribution is -2.02. The summed E-state index contributed by atoms with van der Waals surface area (Å²) in [6.07, 6.45) is 3.55. The van der Waals surface area contributed by atoms with Gasteiger partial charge in [0.15, 0.2) is 9.84 Å². The highest BCUT2D eigenvalue weighted by Crippen LogP contribution is 2.25. The Bertz CT molecular complexity index is 500. The second kappa shape index (κ2) is 6.14. The van der Waals surface area contributed by atoms with Crippen LogP contribution in [-0.4, -0.2) is 20.5 Å². The molecule has 1 unspecified atom stereocenters. The van der Waals surface area contributed by atoms with E-state index in [2.05, 4.69) is 6.92 Å². The van der Waals surface area contributed by atoms with E-state index in [-0.39, 0.29) is 5.78 Å². The number of carbonyl (C=O) groups is 1. The number of sulfone groups is 1. The number of benzene rings is 1. The summed E-state index contributed by atoms with van der Waals surface area (Å²) >= 11 is 0. The Labute approximate surface area is 109 Å². The van der Waals surface area contributed by atoms with Gasteiger partial charge in [0.2, 0.25) is 0 Å². The molecule has 0 fully saturated rings. The first-order valence-electron chi connectivity index (χ1n) is 6.14. The van der Waals surface area contributed by atoms with Gasteiger partial charge in [0.25, 0.3) is 0 Å². The summed E-state index contributed by atoms with van der Waals surface area (Å²) in [6, 6.07) is 6.98. The van der Waals surface area contributed by atoms with Crippen molar-refractivity contribution in [2.45, 2.75) is 43.9 Å². The summed E-state index contributed by atoms with van der Waals surface area (Å²) in [6.45, 7) is 3.68. The van der Waals surface area contributed by atoms with Crippen LogP contribution in [-0.2, 0) is 14.6 Å². The monoisotopic (exact) mass is 268 g/mol. The van der Waals surface area contributed by atoms with Gasteiger partial charge in [-0.2, -0.15) is 0 Å². The molecule has 1 rings (SSSR count). The van der Waals surface area contributed by atoms with E-state index in [1.165, 1.54) is 6.26 Å². The van der Waals surface area contributed by atoms with E-state index >= 15 is 0 Å².